The highest BCUT2D eigenvalue weighted by atomic mass is 16.2. The summed E-state index contributed by atoms with van der Waals surface area (Å²) in [6, 6.07) is 11.6. The molecule has 136 valence electrons. The van der Waals surface area contributed by atoms with Gasteiger partial charge in [0.1, 0.15) is 6.54 Å². The van der Waals surface area contributed by atoms with Gasteiger partial charge >= 0.3 is 0 Å². The first-order valence-corrected chi connectivity index (χ1v) is 9.13. The van der Waals surface area contributed by atoms with Crippen molar-refractivity contribution in [2.24, 2.45) is 7.05 Å². The van der Waals surface area contributed by atoms with Crippen LogP contribution in [0.25, 0.3) is 0 Å². The maximum absolute atomic E-state index is 13.3. The molecule has 1 saturated heterocycles. The summed E-state index contributed by atoms with van der Waals surface area (Å²) in [7, 11) is 2.05. The van der Waals surface area contributed by atoms with Crippen molar-refractivity contribution in [1.82, 2.24) is 9.47 Å². The summed E-state index contributed by atoms with van der Waals surface area (Å²) in [4.78, 5) is 29.2. The molecule has 1 aromatic heterocycles. The molecule has 3 heterocycles. The molecule has 2 unspecified atom stereocenters. The predicted octanol–water partition coefficient (Wildman–Crippen LogP) is 2.54. The Morgan fingerprint density at radius 1 is 1.23 bits per heavy atom. The van der Waals surface area contributed by atoms with Crippen LogP contribution in [-0.2, 0) is 16.6 Å². The maximum Gasteiger partial charge on any atom is 0.244 e. The highest BCUT2D eigenvalue weighted by molar-refractivity contribution is 6.11. The van der Waals surface area contributed by atoms with Crippen LogP contribution < -0.4 is 10.2 Å². The first kappa shape index (κ1) is 16.8. The SMILES string of the molecule is CC(C(=O)N1CC(=O)Nc2ccccc21)N1CCCC1c1cccn1C. The Morgan fingerprint density at radius 3 is 2.81 bits per heavy atom. The van der Waals surface area contributed by atoms with Gasteiger partial charge in [0, 0.05) is 18.9 Å². The number of aromatic nitrogens is 1. The molecular weight excluding hydrogens is 328 g/mol. The van der Waals surface area contributed by atoms with Crippen molar-refractivity contribution in [1.29, 1.82) is 0 Å². The lowest BCUT2D eigenvalue weighted by atomic mass is 10.1. The summed E-state index contributed by atoms with van der Waals surface area (Å²) in [6.45, 7) is 2.92. The van der Waals surface area contributed by atoms with Crippen LogP contribution in [0.3, 0.4) is 0 Å². The van der Waals surface area contributed by atoms with Crippen molar-refractivity contribution >= 4 is 23.2 Å². The highest BCUT2D eigenvalue weighted by Gasteiger charge is 2.37. The van der Waals surface area contributed by atoms with Crippen molar-refractivity contribution in [3.05, 3.63) is 48.3 Å². The molecule has 1 aromatic carbocycles. The number of hydrogen-bond donors (Lipinski definition) is 1. The number of aryl methyl sites for hydroxylation is 1. The third-order valence-electron chi connectivity index (χ3n) is 5.51. The zero-order valence-electron chi connectivity index (χ0n) is 15.2. The Balaban J connectivity index is 1.60. The van der Waals surface area contributed by atoms with E-state index in [1.165, 1.54) is 5.69 Å². The lowest BCUT2D eigenvalue weighted by Gasteiger charge is -2.36. The van der Waals surface area contributed by atoms with E-state index < -0.39 is 0 Å². The number of fused-ring (bicyclic) bond motifs is 1. The minimum absolute atomic E-state index is 0.0200. The van der Waals surface area contributed by atoms with Crippen LogP contribution in [0.1, 0.15) is 31.5 Å². The van der Waals surface area contributed by atoms with Crippen LogP contribution in [0, 0.1) is 0 Å². The van der Waals surface area contributed by atoms with Gasteiger partial charge in [0.15, 0.2) is 0 Å². The molecule has 6 nitrogen and oxygen atoms in total. The minimum atomic E-state index is -0.281. The number of nitrogens with one attached hydrogen (secondary N) is 1. The smallest absolute Gasteiger partial charge is 0.244 e. The topological polar surface area (TPSA) is 57.6 Å². The Hall–Kier alpha value is -2.60. The van der Waals surface area contributed by atoms with Gasteiger partial charge in [0.25, 0.3) is 0 Å². The zero-order valence-corrected chi connectivity index (χ0v) is 15.2. The van der Waals surface area contributed by atoms with Crippen LogP contribution in [0.5, 0.6) is 0 Å². The third-order valence-corrected chi connectivity index (χ3v) is 5.51. The summed E-state index contributed by atoms with van der Waals surface area (Å²) >= 11 is 0. The van der Waals surface area contributed by atoms with Crippen molar-refractivity contribution in [3.63, 3.8) is 0 Å². The Labute approximate surface area is 153 Å². The third kappa shape index (κ3) is 2.80. The second kappa shape index (κ2) is 6.61. The van der Waals surface area contributed by atoms with Gasteiger partial charge in [-0.25, -0.2) is 0 Å². The summed E-state index contributed by atoms with van der Waals surface area (Å²) in [5.74, 6) is -0.168. The monoisotopic (exact) mass is 352 g/mol. The van der Waals surface area contributed by atoms with Gasteiger partial charge in [-0.05, 0) is 50.6 Å². The minimum Gasteiger partial charge on any atom is -0.353 e. The molecular formula is C20H24N4O2. The molecule has 2 aliphatic heterocycles. The number of nitrogens with zero attached hydrogens (tertiary/aromatic N) is 3. The number of benzene rings is 1. The van der Waals surface area contributed by atoms with E-state index in [9.17, 15) is 9.59 Å². The van der Waals surface area contributed by atoms with E-state index in [0.717, 1.165) is 25.1 Å². The van der Waals surface area contributed by atoms with Crippen LogP contribution in [-0.4, -0.2) is 40.4 Å². The molecule has 2 aliphatic rings. The van der Waals surface area contributed by atoms with E-state index in [1.54, 1.807) is 4.90 Å². The number of para-hydroxylation sites is 2. The molecule has 0 radical (unpaired) electrons. The van der Waals surface area contributed by atoms with E-state index in [0.29, 0.717) is 5.69 Å². The number of anilines is 2. The highest BCUT2D eigenvalue weighted by Crippen LogP contribution is 2.35. The fraction of sp³-hybridized carbons (Fsp3) is 0.400. The van der Waals surface area contributed by atoms with Gasteiger partial charge in [-0.1, -0.05) is 12.1 Å². The van der Waals surface area contributed by atoms with Crippen molar-refractivity contribution in [2.45, 2.75) is 31.8 Å². The molecule has 26 heavy (non-hydrogen) atoms. The number of carbonyl (C=O) groups excluding carboxylic acids is 2. The van der Waals surface area contributed by atoms with Gasteiger partial charge in [0.05, 0.1) is 23.5 Å². The molecule has 0 bridgehead atoms. The number of likely N-dealkylation sites (tertiary alicyclic amines) is 1. The lowest BCUT2D eigenvalue weighted by Crippen LogP contribution is -2.51. The second-order valence-corrected chi connectivity index (χ2v) is 7.11. The summed E-state index contributed by atoms with van der Waals surface area (Å²) < 4.78 is 2.13. The van der Waals surface area contributed by atoms with Crippen molar-refractivity contribution < 1.29 is 9.59 Å². The number of hydrogen-bond acceptors (Lipinski definition) is 3. The Kier molecular flexibility index (Phi) is 4.28. The normalized spacial score (nSPS) is 21.4. The van der Waals surface area contributed by atoms with Gasteiger partial charge in [-0.15, -0.1) is 0 Å². The number of carbonyl (C=O) groups is 2. The van der Waals surface area contributed by atoms with Gasteiger partial charge in [-0.2, -0.15) is 0 Å². The summed E-state index contributed by atoms with van der Waals surface area (Å²) in [5, 5.41) is 2.84. The molecule has 1 fully saturated rings. The van der Waals surface area contributed by atoms with E-state index >= 15 is 0 Å². The fourth-order valence-corrected chi connectivity index (χ4v) is 4.19. The molecule has 4 rings (SSSR count). The van der Waals surface area contributed by atoms with E-state index in [-0.39, 0.29) is 30.4 Å². The van der Waals surface area contributed by atoms with E-state index in [2.05, 4.69) is 20.9 Å². The van der Waals surface area contributed by atoms with Crippen LogP contribution in [0.4, 0.5) is 11.4 Å². The quantitative estimate of drug-likeness (QED) is 0.924. The molecule has 0 saturated carbocycles. The molecule has 0 aliphatic carbocycles. The molecule has 2 atom stereocenters. The average Bonchev–Trinajstić information content (AvgIpc) is 3.28. The standard InChI is InChI=1S/C20H24N4O2/c1-14(23-12-6-10-18(23)17-9-5-11-22(17)2)20(26)24-13-19(25)21-15-7-3-4-8-16(15)24/h3-5,7-9,11,14,18H,6,10,12-13H2,1-2H3,(H,21,25). The van der Waals surface area contributed by atoms with Gasteiger partial charge < -0.3 is 9.88 Å². The first-order chi connectivity index (χ1) is 12.6. The largest absolute Gasteiger partial charge is 0.353 e. The Bertz CT molecular complexity index is 844. The van der Waals surface area contributed by atoms with Crippen molar-refractivity contribution in [2.75, 3.05) is 23.3 Å². The Morgan fingerprint density at radius 2 is 2.04 bits per heavy atom. The molecule has 6 heteroatoms. The summed E-state index contributed by atoms with van der Waals surface area (Å²) in [5.41, 5.74) is 2.71. The van der Waals surface area contributed by atoms with Crippen molar-refractivity contribution in [3.8, 4) is 0 Å². The zero-order chi connectivity index (χ0) is 18.3. The lowest BCUT2D eigenvalue weighted by molar-refractivity contribution is -0.125. The van der Waals surface area contributed by atoms with Gasteiger partial charge in [-0.3, -0.25) is 19.4 Å². The van der Waals surface area contributed by atoms with Crippen LogP contribution in [0.2, 0.25) is 0 Å². The van der Waals surface area contributed by atoms with E-state index in [1.807, 2.05) is 50.5 Å². The second-order valence-electron chi connectivity index (χ2n) is 7.11. The van der Waals surface area contributed by atoms with Crippen LogP contribution >= 0.6 is 0 Å². The molecule has 2 amide bonds. The molecule has 1 N–H and O–H groups in total. The molecule has 2 aromatic rings. The number of amides is 2. The molecule has 0 spiro atoms. The fourth-order valence-electron chi connectivity index (χ4n) is 4.19. The number of rotatable bonds is 3. The van der Waals surface area contributed by atoms with Crippen LogP contribution in [0.15, 0.2) is 42.6 Å². The van der Waals surface area contributed by atoms with Gasteiger partial charge in [0.2, 0.25) is 11.8 Å². The maximum atomic E-state index is 13.3. The predicted molar refractivity (Wildman–Crippen MR) is 101 cm³/mol. The average molecular weight is 352 g/mol. The summed E-state index contributed by atoms with van der Waals surface area (Å²) in [6.07, 6.45) is 4.17. The van der Waals surface area contributed by atoms with E-state index in [4.69, 9.17) is 0 Å². The first-order valence-electron chi connectivity index (χ1n) is 9.13.